The normalized spacial score (nSPS) is 10.3. The second kappa shape index (κ2) is 5.61. The van der Waals surface area contributed by atoms with Crippen LogP contribution in [0, 0.1) is 0 Å². The first-order chi connectivity index (χ1) is 7.75. The molecule has 0 radical (unpaired) electrons. The Hall–Kier alpha value is -0.650. The Bertz CT molecular complexity index is 484. The van der Waals surface area contributed by atoms with E-state index in [1.165, 1.54) is 11.8 Å². The van der Waals surface area contributed by atoms with Crippen LogP contribution >= 0.6 is 39.0 Å². The maximum absolute atomic E-state index is 11.8. The first-order valence-corrected chi connectivity index (χ1v) is 7.22. The molecule has 0 atom stereocenters. The Labute approximate surface area is 110 Å². The summed E-state index contributed by atoms with van der Waals surface area (Å²) in [5.41, 5.74) is 0.735. The number of carbonyl (C=O) groups excluding carboxylic acids is 1. The summed E-state index contributed by atoms with van der Waals surface area (Å²) < 4.78 is 1.86. The van der Waals surface area contributed by atoms with Crippen molar-refractivity contribution in [3.05, 3.63) is 45.9 Å². The van der Waals surface area contributed by atoms with Gasteiger partial charge < -0.3 is 0 Å². The van der Waals surface area contributed by atoms with Crippen LogP contribution in [-0.2, 0) is 0 Å². The predicted molar refractivity (Wildman–Crippen MR) is 71.3 cm³/mol. The van der Waals surface area contributed by atoms with Crippen LogP contribution in [0.5, 0.6) is 0 Å². The SMILES string of the molecule is O=C(CSc1nccs1)c1cccc(Br)c1. The van der Waals surface area contributed by atoms with E-state index in [1.807, 2.05) is 29.6 Å². The summed E-state index contributed by atoms with van der Waals surface area (Å²) in [5, 5.41) is 1.91. The highest BCUT2D eigenvalue weighted by Crippen LogP contribution is 2.21. The van der Waals surface area contributed by atoms with Gasteiger partial charge in [0.1, 0.15) is 4.34 Å². The van der Waals surface area contributed by atoms with Gasteiger partial charge in [-0.3, -0.25) is 4.79 Å². The van der Waals surface area contributed by atoms with Gasteiger partial charge in [0.15, 0.2) is 5.78 Å². The third-order valence-corrected chi connectivity index (χ3v) is 4.34. The van der Waals surface area contributed by atoms with Crippen LogP contribution in [0.3, 0.4) is 0 Å². The van der Waals surface area contributed by atoms with Crippen LogP contribution in [-0.4, -0.2) is 16.5 Å². The molecule has 0 spiro atoms. The van der Waals surface area contributed by atoms with E-state index in [0.717, 1.165) is 14.4 Å². The van der Waals surface area contributed by atoms with Gasteiger partial charge in [-0.25, -0.2) is 4.98 Å². The number of ketones is 1. The molecule has 0 unspecified atom stereocenters. The summed E-state index contributed by atoms with van der Waals surface area (Å²) in [6.45, 7) is 0. The van der Waals surface area contributed by atoms with E-state index < -0.39 is 0 Å². The molecule has 0 aliphatic carbocycles. The predicted octanol–water partition coefficient (Wildman–Crippen LogP) is 3.88. The van der Waals surface area contributed by atoms with Gasteiger partial charge in [-0.2, -0.15) is 0 Å². The van der Waals surface area contributed by atoms with E-state index >= 15 is 0 Å². The van der Waals surface area contributed by atoms with Crippen LogP contribution < -0.4 is 0 Å². The topological polar surface area (TPSA) is 30.0 Å². The van der Waals surface area contributed by atoms with Crippen molar-refractivity contribution in [2.24, 2.45) is 0 Å². The van der Waals surface area contributed by atoms with E-state index in [4.69, 9.17) is 0 Å². The lowest BCUT2D eigenvalue weighted by Crippen LogP contribution is -2.01. The van der Waals surface area contributed by atoms with Crippen molar-refractivity contribution in [1.29, 1.82) is 0 Å². The lowest BCUT2D eigenvalue weighted by Gasteiger charge is -1.99. The third kappa shape index (κ3) is 3.17. The van der Waals surface area contributed by atoms with Crippen LogP contribution in [0.2, 0.25) is 0 Å². The average molecular weight is 314 g/mol. The van der Waals surface area contributed by atoms with Gasteiger partial charge in [-0.15, -0.1) is 11.3 Å². The van der Waals surface area contributed by atoms with Crippen molar-refractivity contribution < 1.29 is 4.79 Å². The molecule has 1 aromatic heterocycles. The van der Waals surface area contributed by atoms with Gasteiger partial charge in [0.25, 0.3) is 0 Å². The molecule has 1 heterocycles. The number of Topliss-reactive ketones (excluding diaryl/α,β-unsaturated/α-hetero) is 1. The van der Waals surface area contributed by atoms with E-state index in [1.54, 1.807) is 17.5 Å². The zero-order valence-electron chi connectivity index (χ0n) is 8.22. The Morgan fingerprint density at radius 1 is 1.50 bits per heavy atom. The molecule has 2 nitrogen and oxygen atoms in total. The molecule has 0 saturated carbocycles. The summed E-state index contributed by atoms with van der Waals surface area (Å²) in [6, 6.07) is 7.44. The largest absolute Gasteiger partial charge is 0.293 e. The fraction of sp³-hybridized carbons (Fsp3) is 0.0909. The summed E-state index contributed by atoms with van der Waals surface area (Å²) in [4.78, 5) is 15.9. The molecule has 82 valence electrons. The molecule has 1 aromatic carbocycles. The number of hydrogen-bond donors (Lipinski definition) is 0. The Balaban J connectivity index is 1.98. The number of aromatic nitrogens is 1. The van der Waals surface area contributed by atoms with Gasteiger partial charge in [-0.05, 0) is 12.1 Å². The van der Waals surface area contributed by atoms with Crippen LogP contribution in [0.15, 0.2) is 44.7 Å². The summed E-state index contributed by atoms with van der Waals surface area (Å²) >= 11 is 6.38. The molecule has 0 amide bonds. The Kier molecular flexibility index (Phi) is 4.15. The summed E-state index contributed by atoms with van der Waals surface area (Å²) in [6.07, 6.45) is 1.75. The van der Waals surface area contributed by atoms with Gasteiger partial charge in [0.05, 0.1) is 5.75 Å². The van der Waals surface area contributed by atoms with Crippen molar-refractivity contribution >= 4 is 44.8 Å². The zero-order valence-corrected chi connectivity index (χ0v) is 11.4. The highest BCUT2D eigenvalue weighted by molar-refractivity contribution is 9.10. The van der Waals surface area contributed by atoms with Gasteiger partial charge in [-0.1, -0.05) is 39.8 Å². The van der Waals surface area contributed by atoms with Crippen molar-refractivity contribution in [2.45, 2.75) is 4.34 Å². The number of carbonyl (C=O) groups is 1. The van der Waals surface area contributed by atoms with Crippen molar-refractivity contribution in [3.8, 4) is 0 Å². The second-order valence-corrected chi connectivity index (χ2v) is 6.05. The zero-order chi connectivity index (χ0) is 11.4. The molecular formula is C11H8BrNOS2. The number of halogens is 1. The van der Waals surface area contributed by atoms with E-state index in [9.17, 15) is 4.79 Å². The number of benzene rings is 1. The molecule has 0 aliphatic heterocycles. The fourth-order valence-corrected chi connectivity index (χ4v) is 3.09. The highest BCUT2D eigenvalue weighted by atomic mass is 79.9. The van der Waals surface area contributed by atoms with Gasteiger partial charge >= 0.3 is 0 Å². The minimum Gasteiger partial charge on any atom is -0.293 e. The number of thioether (sulfide) groups is 1. The monoisotopic (exact) mass is 313 g/mol. The van der Waals surface area contributed by atoms with Gasteiger partial charge in [0.2, 0.25) is 0 Å². The molecule has 0 N–H and O–H groups in total. The minimum atomic E-state index is 0.126. The maximum atomic E-state index is 11.8. The first kappa shape index (κ1) is 11.8. The van der Waals surface area contributed by atoms with E-state index in [2.05, 4.69) is 20.9 Å². The molecular weight excluding hydrogens is 306 g/mol. The lowest BCUT2D eigenvalue weighted by molar-refractivity contribution is 0.102. The number of nitrogens with zero attached hydrogens (tertiary/aromatic N) is 1. The van der Waals surface area contributed by atoms with Gasteiger partial charge in [0, 0.05) is 21.6 Å². The molecule has 0 fully saturated rings. The molecule has 0 aliphatic rings. The lowest BCUT2D eigenvalue weighted by atomic mass is 10.2. The standard InChI is InChI=1S/C11H8BrNOS2/c12-9-3-1-2-8(6-9)10(14)7-16-11-13-4-5-15-11/h1-6H,7H2. The molecule has 0 saturated heterocycles. The van der Waals surface area contributed by atoms with Crippen molar-refractivity contribution in [1.82, 2.24) is 4.98 Å². The number of thiazole rings is 1. The van der Waals surface area contributed by atoms with Crippen LogP contribution in [0.25, 0.3) is 0 Å². The number of hydrogen-bond acceptors (Lipinski definition) is 4. The highest BCUT2D eigenvalue weighted by Gasteiger charge is 2.07. The summed E-state index contributed by atoms with van der Waals surface area (Å²) in [5.74, 6) is 0.561. The quantitative estimate of drug-likeness (QED) is 0.634. The number of rotatable bonds is 4. The minimum absolute atomic E-state index is 0.126. The molecule has 0 bridgehead atoms. The van der Waals surface area contributed by atoms with E-state index in [-0.39, 0.29) is 5.78 Å². The Morgan fingerprint density at radius 3 is 3.06 bits per heavy atom. The maximum Gasteiger partial charge on any atom is 0.173 e. The van der Waals surface area contributed by atoms with Crippen LogP contribution in [0.1, 0.15) is 10.4 Å². The van der Waals surface area contributed by atoms with E-state index in [0.29, 0.717) is 5.75 Å². The van der Waals surface area contributed by atoms with Crippen molar-refractivity contribution in [2.75, 3.05) is 5.75 Å². The smallest absolute Gasteiger partial charge is 0.173 e. The third-order valence-electron chi connectivity index (χ3n) is 1.88. The first-order valence-electron chi connectivity index (χ1n) is 4.57. The molecule has 2 aromatic rings. The second-order valence-electron chi connectivity index (χ2n) is 3.02. The fourth-order valence-electron chi connectivity index (χ4n) is 1.15. The average Bonchev–Trinajstić information content (AvgIpc) is 2.78. The molecule has 2 rings (SSSR count). The van der Waals surface area contributed by atoms with Crippen molar-refractivity contribution in [3.63, 3.8) is 0 Å². The Morgan fingerprint density at radius 2 is 2.38 bits per heavy atom. The molecule has 5 heteroatoms. The van der Waals surface area contributed by atoms with Crippen LogP contribution in [0.4, 0.5) is 0 Å². The molecule has 16 heavy (non-hydrogen) atoms. The summed E-state index contributed by atoms with van der Waals surface area (Å²) in [7, 11) is 0.